The number of benzene rings is 1. The molecule has 0 saturated carbocycles. The van der Waals surface area contributed by atoms with E-state index >= 15 is 0 Å². The Morgan fingerprint density at radius 2 is 2.06 bits per heavy atom. The second kappa shape index (κ2) is 4.80. The molecule has 0 amide bonds. The van der Waals surface area contributed by atoms with Gasteiger partial charge in [0.15, 0.2) is 0 Å². The van der Waals surface area contributed by atoms with Gasteiger partial charge >= 0.3 is 0 Å². The molecule has 3 nitrogen and oxygen atoms in total. The molecule has 0 radical (unpaired) electrons. The minimum absolute atomic E-state index is 0.641. The third kappa shape index (κ3) is 2.03. The van der Waals surface area contributed by atoms with Crippen molar-refractivity contribution in [3.8, 4) is 0 Å². The maximum Gasteiger partial charge on any atom is 0.122 e. The second-order valence-corrected chi connectivity index (χ2v) is 4.36. The van der Waals surface area contributed by atoms with Crippen molar-refractivity contribution in [2.24, 2.45) is 0 Å². The summed E-state index contributed by atoms with van der Waals surface area (Å²) in [5, 5.41) is 14.5. The summed E-state index contributed by atoms with van der Waals surface area (Å²) < 4.78 is 2.63. The molecule has 1 unspecified atom stereocenters. The number of hydrogen-bond donors (Lipinski definition) is 1. The Balaban J connectivity index is 2.41. The fourth-order valence-electron chi connectivity index (χ4n) is 1.69. The molecule has 0 aliphatic rings. The average Bonchev–Trinajstić information content (AvgIpc) is 2.70. The third-order valence-electron chi connectivity index (χ3n) is 2.51. The predicted molar refractivity (Wildman–Crippen MR) is 66.1 cm³/mol. The van der Waals surface area contributed by atoms with E-state index in [9.17, 15) is 5.11 Å². The fraction of sp³-hybridized carbons (Fsp3) is 0.250. The smallest absolute Gasteiger partial charge is 0.122 e. The molecule has 1 atom stereocenters. The highest BCUT2D eigenvalue weighted by atomic mass is 79.9. The van der Waals surface area contributed by atoms with Crippen LogP contribution in [0.1, 0.15) is 24.3 Å². The average molecular weight is 281 g/mol. The zero-order valence-corrected chi connectivity index (χ0v) is 10.6. The van der Waals surface area contributed by atoms with E-state index < -0.39 is 6.10 Å². The fourth-order valence-corrected chi connectivity index (χ4v) is 2.20. The van der Waals surface area contributed by atoms with Crippen LogP contribution < -0.4 is 0 Å². The molecule has 1 heterocycles. The minimum Gasteiger partial charge on any atom is -0.382 e. The standard InChI is InChI=1S/C12H13BrN2O/c1-2-15-11(10(13)8-14-15)12(16)9-6-4-3-5-7-9/h3-8,12,16H,2H2,1H3. The highest BCUT2D eigenvalue weighted by Crippen LogP contribution is 2.28. The van der Waals surface area contributed by atoms with Crippen LogP contribution in [0.15, 0.2) is 41.0 Å². The molecule has 2 rings (SSSR count). The Labute approximate surface area is 103 Å². The van der Waals surface area contributed by atoms with E-state index in [2.05, 4.69) is 21.0 Å². The lowest BCUT2D eigenvalue weighted by Crippen LogP contribution is -2.09. The number of aliphatic hydroxyl groups is 1. The van der Waals surface area contributed by atoms with Gasteiger partial charge in [-0.1, -0.05) is 30.3 Å². The molecule has 1 N–H and O–H groups in total. The number of rotatable bonds is 3. The van der Waals surface area contributed by atoms with Crippen LogP contribution >= 0.6 is 15.9 Å². The number of aryl methyl sites for hydroxylation is 1. The van der Waals surface area contributed by atoms with Crippen LogP contribution in [-0.4, -0.2) is 14.9 Å². The van der Waals surface area contributed by atoms with Crippen LogP contribution in [0.5, 0.6) is 0 Å². The van der Waals surface area contributed by atoms with Crippen molar-refractivity contribution >= 4 is 15.9 Å². The second-order valence-electron chi connectivity index (χ2n) is 3.51. The molecule has 4 heteroatoms. The topological polar surface area (TPSA) is 38.0 Å². The molecule has 0 aliphatic carbocycles. The molecule has 1 aromatic carbocycles. The molecule has 16 heavy (non-hydrogen) atoms. The van der Waals surface area contributed by atoms with Crippen molar-refractivity contribution in [3.63, 3.8) is 0 Å². The van der Waals surface area contributed by atoms with Gasteiger partial charge in [-0.2, -0.15) is 5.10 Å². The summed E-state index contributed by atoms with van der Waals surface area (Å²) in [6.45, 7) is 2.74. The normalized spacial score (nSPS) is 12.7. The number of aliphatic hydroxyl groups excluding tert-OH is 1. The molecule has 84 valence electrons. The van der Waals surface area contributed by atoms with Crippen LogP contribution in [0.3, 0.4) is 0 Å². The first kappa shape index (κ1) is 11.4. The van der Waals surface area contributed by atoms with Crippen molar-refractivity contribution in [2.75, 3.05) is 0 Å². The van der Waals surface area contributed by atoms with Gasteiger partial charge in [0.1, 0.15) is 6.10 Å². The maximum atomic E-state index is 10.3. The van der Waals surface area contributed by atoms with E-state index in [0.29, 0.717) is 0 Å². The molecule has 0 spiro atoms. The summed E-state index contributed by atoms with van der Waals surface area (Å²) in [4.78, 5) is 0. The lowest BCUT2D eigenvalue weighted by atomic mass is 10.1. The molecular weight excluding hydrogens is 268 g/mol. The summed E-state index contributed by atoms with van der Waals surface area (Å²) in [6, 6.07) is 9.58. The first-order valence-corrected chi connectivity index (χ1v) is 5.97. The van der Waals surface area contributed by atoms with E-state index in [-0.39, 0.29) is 0 Å². The lowest BCUT2D eigenvalue weighted by molar-refractivity contribution is 0.207. The van der Waals surface area contributed by atoms with Gasteiger partial charge in [0.05, 0.1) is 16.4 Å². The van der Waals surface area contributed by atoms with Crippen LogP contribution in [-0.2, 0) is 6.54 Å². The van der Waals surface area contributed by atoms with Gasteiger partial charge in [0, 0.05) is 6.54 Å². The first-order chi connectivity index (χ1) is 7.74. The number of hydrogen-bond acceptors (Lipinski definition) is 2. The van der Waals surface area contributed by atoms with Gasteiger partial charge < -0.3 is 5.11 Å². The lowest BCUT2D eigenvalue weighted by Gasteiger charge is -2.13. The summed E-state index contributed by atoms with van der Waals surface area (Å²) in [5.41, 5.74) is 1.67. The Morgan fingerprint density at radius 1 is 1.38 bits per heavy atom. The van der Waals surface area contributed by atoms with Crippen LogP contribution in [0.2, 0.25) is 0 Å². The molecule has 1 aromatic heterocycles. The van der Waals surface area contributed by atoms with Crippen molar-refractivity contribution in [2.45, 2.75) is 19.6 Å². The van der Waals surface area contributed by atoms with E-state index in [1.54, 1.807) is 10.9 Å². The zero-order chi connectivity index (χ0) is 11.5. The summed E-state index contributed by atoms with van der Waals surface area (Å²) in [6.07, 6.45) is 1.07. The first-order valence-electron chi connectivity index (χ1n) is 5.18. The van der Waals surface area contributed by atoms with Gasteiger partial charge in [0.2, 0.25) is 0 Å². The maximum absolute atomic E-state index is 10.3. The zero-order valence-electron chi connectivity index (χ0n) is 8.97. The summed E-state index contributed by atoms with van der Waals surface area (Å²) in [7, 11) is 0. The van der Waals surface area contributed by atoms with Gasteiger partial charge in [-0.3, -0.25) is 4.68 Å². The number of halogens is 1. The largest absolute Gasteiger partial charge is 0.382 e. The monoisotopic (exact) mass is 280 g/mol. The molecule has 0 fully saturated rings. The van der Waals surface area contributed by atoms with Crippen molar-refractivity contribution in [1.82, 2.24) is 9.78 Å². The Morgan fingerprint density at radius 3 is 2.69 bits per heavy atom. The van der Waals surface area contributed by atoms with Crippen LogP contribution in [0.25, 0.3) is 0 Å². The van der Waals surface area contributed by atoms with E-state index in [0.717, 1.165) is 22.3 Å². The van der Waals surface area contributed by atoms with Crippen molar-refractivity contribution in [1.29, 1.82) is 0 Å². The van der Waals surface area contributed by atoms with E-state index in [1.807, 2.05) is 37.3 Å². The predicted octanol–water partition coefficient (Wildman–Crippen LogP) is 2.75. The van der Waals surface area contributed by atoms with Crippen LogP contribution in [0.4, 0.5) is 0 Å². The van der Waals surface area contributed by atoms with Gasteiger partial charge in [0.25, 0.3) is 0 Å². The number of aromatic nitrogens is 2. The highest BCUT2D eigenvalue weighted by molar-refractivity contribution is 9.10. The molecule has 2 aromatic rings. The molecule has 0 bridgehead atoms. The van der Waals surface area contributed by atoms with E-state index in [4.69, 9.17) is 0 Å². The molecular formula is C12H13BrN2O. The Kier molecular flexibility index (Phi) is 3.41. The Hall–Kier alpha value is -1.13. The van der Waals surface area contributed by atoms with Crippen LogP contribution in [0, 0.1) is 0 Å². The quantitative estimate of drug-likeness (QED) is 0.939. The third-order valence-corrected chi connectivity index (χ3v) is 3.12. The number of nitrogens with zero attached hydrogens (tertiary/aromatic N) is 2. The van der Waals surface area contributed by atoms with Gasteiger partial charge in [-0.05, 0) is 28.4 Å². The summed E-state index contributed by atoms with van der Waals surface area (Å²) in [5.74, 6) is 0. The summed E-state index contributed by atoms with van der Waals surface area (Å²) >= 11 is 3.41. The molecule has 0 aliphatic heterocycles. The van der Waals surface area contributed by atoms with Crippen molar-refractivity contribution < 1.29 is 5.11 Å². The molecule has 0 saturated heterocycles. The van der Waals surface area contributed by atoms with E-state index in [1.165, 1.54) is 0 Å². The van der Waals surface area contributed by atoms with Crippen molar-refractivity contribution in [3.05, 3.63) is 52.3 Å². The van der Waals surface area contributed by atoms with Gasteiger partial charge in [-0.15, -0.1) is 0 Å². The van der Waals surface area contributed by atoms with Gasteiger partial charge in [-0.25, -0.2) is 0 Å². The minimum atomic E-state index is -0.641. The SMILES string of the molecule is CCn1ncc(Br)c1C(O)c1ccccc1. The highest BCUT2D eigenvalue weighted by Gasteiger charge is 2.18. The Bertz CT molecular complexity index is 467.